The van der Waals surface area contributed by atoms with E-state index in [0.717, 1.165) is 6.42 Å². The highest BCUT2D eigenvalue weighted by Crippen LogP contribution is 2.44. The van der Waals surface area contributed by atoms with E-state index >= 15 is 0 Å². The zero-order valence-corrected chi connectivity index (χ0v) is 10.8. The second-order valence-corrected chi connectivity index (χ2v) is 5.13. The summed E-state index contributed by atoms with van der Waals surface area (Å²) in [6, 6.07) is 0.0533. The van der Waals surface area contributed by atoms with Crippen LogP contribution in [-0.2, 0) is 0 Å². The van der Waals surface area contributed by atoms with Gasteiger partial charge >= 0.3 is 0 Å². The molecular weight excluding hydrogens is 270 g/mol. The van der Waals surface area contributed by atoms with E-state index in [1.165, 1.54) is 0 Å². The Balaban J connectivity index is 2.02. The van der Waals surface area contributed by atoms with Crippen LogP contribution in [0.25, 0.3) is 11.2 Å². The largest absolute Gasteiger partial charge is 0.396 e. The molecule has 0 amide bonds. The molecule has 0 spiro atoms. The number of anilines is 1. The third-order valence-electron chi connectivity index (χ3n) is 3.87. The molecule has 1 aliphatic rings. The van der Waals surface area contributed by atoms with Crippen molar-refractivity contribution in [2.24, 2.45) is 11.8 Å². The molecule has 4 N–H and O–H groups in total. The van der Waals surface area contributed by atoms with Gasteiger partial charge in [-0.15, -0.1) is 0 Å². The summed E-state index contributed by atoms with van der Waals surface area (Å²) in [6.45, 7) is 0.0934. The van der Waals surface area contributed by atoms with Crippen LogP contribution in [0, 0.1) is 11.8 Å². The average molecular weight is 284 g/mol. The maximum absolute atomic E-state index is 9.41. The summed E-state index contributed by atoms with van der Waals surface area (Å²) >= 11 is 5.81. The van der Waals surface area contributed by atoms with Crippen LogP contribution < -0.4 is 5.73 Å². The van der Waals surface area contributed by atoms with Gasteiger partial charge in [0.05, 0.1) is 6.33 Å². The van der Waals surface area contributed by atoms with Crippen LogP contribution in [0.2, 0.25) is 5.28 Å². The first-order valence-corrected chi connectivity index (χ1v) is 6.40. The number of fused-ring (bicyclic) bond motifs is 1. The summed E-state index contributed by atoms with van der Waals surface area (Å²) in [6.07, 6.45) is 2.40. The molecule has 0 radical (unpaired) electrons. The number of nitrogen functional groups attached to an aromatic ring is 1. The Morgan fingerprint density at radius 1 is 1.37 bits per heavy atom. The molecule has 1 aliphatic carbocycles. The molecule has 3 unspecified atom stereocenters. The Bertz CT molecular complexity index is 616. The number of hydrogen-bond acceptors (Lipinski definition) is 6. The van der Waals surface area contributed by atoms with Gasteiger partial charge in [-0.25, -0.2) is 4.98 Å². The normalized spacial score (nSPS) is 26.6. The minimum Gasteiger partial charge on any atom is -0.396 e. The molecule has 0 aromatic carbocycles. The summed E-state index contributed by atoms with van der Waals surface area (Å²) < 4.78 is 1.85. The number of aromatic nitrogens is 4. The van der Waals surface area contributed by atoms with Crippen molar-refractivity contribution in [3.05, 3.63) is 11.6 Å². The fraction of sp³-hybridized carbons (Fsp3) is 0.545. The second-order valence-electron chi connectivity index (χ2n) is 4.79. The minimum atomic E-state index is -0.00244. The fourth-order valence-corrected chi connectivity index (χ4v) is 2.90. The van der Waals surface area contributed by atoms with E-state index in [-0.39, 0.29) is 42.2 Å². The number of hydrogen-bond donors (Lipinski definition) is 3. The van der Waals surface area contributed by atoms with Crippen molar-refractivity contribution < 1.29 is 10.2 Å². The molecule has 3 rings (SSSR count). The van der Waals surface area contributed by atoms with E-state index in [0.29, 0.717) is 11.2 Å². The highest BCUT2D eigenvalue weighted by molar-refractivity contribution is 6.28. The molecule has 102 valence electrons. The Kier molecular flexibility index (Phi) is 3.04. The van der Waals surface area contributed by atoms with Gasteiger partial charge in [0.25, 0.3) is 0 Å². The van der Waals surface area contributed by atoms with Gasteiger partial charge in [-0.05, 0) is 23.9 Å². The summed E-state index contributed by atoms with van der Waals surface area (Å²) in [5.41, 5.74) is 6.82. The van der Waals surface area contributed by atoms with E-state index in [1.807, 2.05) is 4.57 Å². The lowest BCUT2D eigenvalue weighted by Crippen LogP contribution is -2.42. The molecule has 2 aromatic heterocycles. The number of nitrogens with zero attached hydrogens (tertiary/aromatic N) is 4. The van der Waals surface area contributed by atoms with Gasteiger partial charge in [0.2, 0.25) is 5.28 Å². The van der Waals surface area contributed by atoms with E-state index < -0.39 is 0 Å². The lowest BCUT2D eigenvalue weighted by atomic mass is 9.70. The van der Waals surface area contributed by atoms with Crippen LogP contribution in [0.4, 0.5) is 5.82 Å². The molecule has 8 heteroatoms. The van der Waals surface area contributed by atoms with Gasteiger partial charge in [-0.3, -0.25) is 0 Å². The predicted octanol–water partition coefficient (Wildman–Crippen LogP) is 0.224. The molecule has 7 nitrogen and oxygen atoms in total. The number of halogens is 1. The van der Waals surface area contributed by atoms with Crippen LogP contribution in [0.3, 0.4) is 0 Å². The van der Waals surface area contributed by atoms with Crippen LogP contribution in [0.1, 0.15) is 12.5 Å². The highest BCUT2D eigenvalue weighted by Gasteiger charge is 2.41. The molecule has 2 aromatic rings. The first-order valence-electron chi connectivity index (χ1n) is 6.03. The van der Waals surface area contributed by atoms with Gasteiger partial charge in [-0.2, -0.15) is 9.97 Å². The number of imidazole rings is 1. The van der Waals surface area contributed by atoms with Crippen LogP contribution in [0.5, 0.6) is 0 Å². The molecule has 1 saturated carbocycles. The Labute approximate surface area is 114 Å². The smallest absolute Gasteiger partial charge is 0.226 e. The summed E-state index contributed by atoms with van der Waals surface area (Å²) in [5, 5.41) is 18.7. The quantitative estimate of drug-likeness (QED) is 0.695. The van der Waals surface area contributed by atoms with E-state index in [9.17, 15) is 10.2 Å². The number of aliphatic hydroxyl groups excluding tert-OH is 2. The molecular formula is C11H14ClN5O2. The van der Waals surface area contributed by atoms with Crippen molar-refractivity contribution in [3.63, 3.8) is 0 Å². The molecule has 0 aliphatic heterocycles. The van der Waals surface area contributed by atoms with Gasteiger partial charge in [0.1, 0.15) is 5.52 Å². The van der Waals surface area contributed by atoms with Crippen LogP contribution in [-0.4, -0.2) is 42.9 Å². The first-order chi connectivity index (χ1) is 9.15. The summed E-state index contributed by atoms with van der Waals surface area (Å²) in [7, 11) is 0. The van der Waals surface area contributed by atoms with Gasteiger partial charge in [-0.1, -0.05) is 0 Å². The van der Waals surface area contributed by atoms with Crippen molar-refractivity contribution in [1.29, 1.82) is 0 Å². The monoisotopic (exact) mass is 283 g/mol. The van der Waals surface area contributed by atoms with Crippen LogP contribution in [0.15, 0.2) is 6.33 Å². The topological polar surface area (TPSA) is 110 Å². The van der Waals surface area contributed by atoms with Crippen LogP contribution >= 0.6 is 11.6 Å². The summed E-state index contributed by atoms with van der Waals surface area (Å²) in [5.74, 6) is 0.354. The van der Waals surface area contributed by atoms with Gasteiger partial charge in [0.15, 0.2) is 11.5 Å². The van der Waals surface area contributed by atoms with Crippen molar-refractivity contribution in [2.45, 2.75) is 12.5 Å². The van der Waals surface area contributed by atoms with Gasteiger partial charge < -0.3 is 20.5 Å². The number of aliphatic hydroxyl groups is 2. The highest BCUT2D eigenvalue weighted by atomic mass is 35.5. The minimum absolute atomic E-state index is 0.00244. The molecule has 1 fully saturated rings. The summed E-state index contributed by atoms with van der Waals surface area (Å²) in [4.78, 5) is 12.2. The lowest BCUT2D eigenvalue weighted by Gasteiger charge is -2.43. The average Bonchev–Trinajstić information content (AvgIpc) is 2.73. The zero-order chi connectivity index (χ0) is 13.6. The van der Waals surface area contributed by atoms with E-state index in [1.54, 1.807) is 6.33 Å². The Morgan fingerprint density at radius 3 is 2.84 bits per heavy atom. The molecule has 2 heterocycles. The molecule has 19 heavy (non-hydrogen) atoms. The zero-order valence-electron chi connectivity index (χ0n) is 10.1. The van der Waals surface area contributed by atoms with Crippen molar-refractivity contribution in [2.75, 3.05) is 18.9 Å². The maximum atomic E-state index is 9.41. The third kappa shape index (κ3) is 1.85. The van der Waals surface area contributed by atoms with Crippen molar-refractivity contribution >= 4 is 28.6 Å². The van der Waals surface area contributed by atoms with E-state index in [2.05, 4.69) is 15.0 Å². The van der Waals surface area contributed by atoms with Crippen molar-refractivity contribution in [3.8, 4) is 0 Å². The molecule has 0 bridgehead atoms. The first kappa shape index (κ1) is 12.6. The maximum Gasteiger partial charge on any atom is 0.226 e. The third-order valence-corrected chi connectivity index (χ3v) is 4.04. The number of rotatable bonds is 3. The SMILES string of the molecule is Nc1nc(Cl)nc2c1ncn2C1CC(CO)C1CO. The van der Waals surface area contributed by atoms with Crippen molar-refractivity contribution in [1.82, 2.24) is 19.5 Å². The fourth-order valence-electron chi connectivity index (χ4n) is 2.73. The van der Waals surface area contributed by atoms with Gasteiger partial charge in [0, 0.05) is 25.2 Å². The molecule has 3 atom stereocenters. The lowest BCUT2D eigenvalue weighted by molar-refractivity contribution is -0.00528. The molecule has 0 saturated heterocycles. The Hall–Kier alpha value is -1.44. The Morgan fingerprint density at radius 2 is 2.16 bits per heavy atom. The standard InChI is InChI=1S/C11H14ClN5O2/c12-11-15-9(13)8-10(16-11)17(4-14-8)7-1-5(2-18)6(7)3-19/h4-7,18-19H,1-3H2,(H2,13,15,16). The number of nitrogens with two attached hydrogens (primary N) is 1. The van der Waals surface area contributed by atoms with E-state index in [4.69, 9.17) is 17.3 Å². The predicted molar refractivity (Wildman–Crippen MR) is 69.6 cm³/mol. The second kappa shape index (κ2) is 4.59.